The molecule has 1 heterocycles. The fourth-order valence-electron chi connectivity index (χ4n) is 2.46. The monoisotopic (exact) mass is 458 g/mol. The molecule has 0 spiro atoms. The summed E-state index contributed by atoms with van der Waals surface area (Å²) in [7, 11) is 1.40. The van der Waals surface area contributed by atoms with E-state index in [9.17, 15) is 35.9 Å². The molecule has 1 aliphatic rings. The van der Waals surface area contributed by atoms with Gasteiger partial charge in [0.15, 0.2) is 12.2 Å². The number of esters is 2. The fraction of sp³-hybridized carbons (Fsp3) is 0.444. The Kier molecular flexibility index (Phi) is 7.21. The van der Waals surface area contributed by atoms with Gasteiger partial charge in [-0.15, -0.1) is 0 Å². The van der Waals surface area contributed by atoms with Crippen molar-refractivity contribution in [3.63, 3.8) is 0 Å². The van der Waals surface area contributed by atoms with Crippen molar-refractivity contribution in [2.45, 2.75) is 37.0 Å². The van der Waals surface area contributed by atoms with Crippen LogP contribution in [0.25, 0.3) is 0 Å². The first-order valence-electron chi connectivity index (χ1n) is 8.42. The highest BCUT2D eigenvalue weighted by atomic mass is 19.4. The molecule has 0 radical (unpaired) electrons. The molecule has 0 aromatic heterocycles. The topological polar surface area (TPSA) is 80.3 Å². The molecule has 0 aliphatic carbocycles. The number of benzene rings is 1. The zero-order valence-electron chi connectivity index (χ0n) is 15.8. The van der Waals surface area contributed by atoms with Crippen molar-refractivity contribution in [2.24, 2.45) is 0 Å². The zero-order chi connectivity index (χ0) is 23.4. The molecule has 1 saturated heterocycles. The lowest BCUT2D eigenvalue weighted by Crippen LogP contribution is -2.58. The van der Waals surface area contributed by atoms with Gasteiger partial charge >= 0.3 is 30.1 Å². The van der Waals surface area contributed by atoms with Crippen LogP contribution in [0, 0.1) is 0 Å². The number of alkyl halides is 6. The lowest BCUT2D eigenvalue weighted by atomic mass is 10.2. The van der Waals surface area contributed by atoms with E-state index in [1.807, 2.05) is 0 Å². The summed E-state index contributed by atoms with van der Waals surface area (Å²) in [5.74, 6) is -8.34. The molecule has 31 heavy (non-hydrogen) atoms. The van der Waals surface area contributed by atoms with Gasteiger partial charge < -0.3 is 23.7 Å². The van der Waals surface area contributed by atoms with Crippen LogP contribution in [0.15, 0.2) is 36.9 Å². The third kappa shape index (κ3) is 5.10. The van der Waals surface area contributed by atoms with E-state index in [2.05, 4.69) is 20.8 Å². The number of rotatable bonds is 8. The van der Waals surface area contributed by atoms with Crippen LogP contribution in [-0.2, 0) is 35.1 Å². The van der Waals surface area contributed by atoms with Crippen LogP contribution in [0.2, 0.25) is 0 Å². The Balaban J connectivity index is 2.31. The van der Waals surface area contributed by atoms with Crippen LogP contribution in [0.4, 0.5) is 26.3 Å². The smallest absolute Gasteiger partial charge is 0.465 e. The minimum atomic E-state index is -6.18. The summed E-state index contributed by atoms with van der Waals surface area (Å²) in [5.41, 5.74) is 0.353. The van der Waals surface area contributed by atoms with Crippen LogP contribution in [-0.4, -0.2) is 56.0 Å². The normalized spacial score (nSPS) is 19.5. The first-order chi connectivity index (χ1) is 14.4. The molecule has 172 valence electrons. The second kappa shape index (κ2) is 9.14. The van der Waals surface area contributed by atoms with E-state index >= 15 is 0 Å². The van der Waals surface area contributed by atoms with E-state index in [0.717, 1.165) is 6.08 Å². The quantitative estimate of drug-likeness (QED) is 0.337. The maximum Gasteiger partial charge on any atom is 0.465 e. The van der Waals surface area contributed by atoms with Gasteiger partial charge in [0.1, 0.15) is 12.4 Å². The van der Waals surface area contributed by atoms with Gasteiger partial charge in [0, 0.05) is 0 Å². The largest absolute Gasteiger partial charge is 0.497 e. The van der Waals surface area contributed by atoms with E-state index in [4.69, 9.17) is 9.47 Å². The molecular formula is C18H16F6O7. The number of halogens is 6. The van der Waals surface area contributed by atoms with Crippen LogP contribution in [0.1, 0.15) is 5.56 Å². The Labute approximate surface area is 171 Å². The molecule has 13 heteroatoms. The number of cyclic esters (lactones) is 1. The Morgan fingerprint density at radius 3 is 2.23 bits per heavy atom. The summed E-state index contributed by atoms with van der Waals surface area (Å²) in [5, 5.41) is 0. The number of hydrogen-bond donors (Lipinski definition) is 0. The van der Waals surface area contributed by atoms with Gasteiger partial charge in [0.2, 0.25) is 0 Å². The van der Waals surface area contributed by atoms with Crippen LogP contribution in [0.3, 0.4) is 0 Å². The Bertz CT molecular complexity index is 789. The first kappa shape index (κ1) is 24.5. The maximum absolute atomic E-state index is 13.1. The zero-order valence-corrected chi connectivity index (χ0v) is 15.8. The highest BCUT2D eigenvalue weighted by molar-refractivity contribution is 5.87. The summed E-state index contributed by atoms with van der Waals surface area (Å²) in [6.07, 6.45) is -16.3. The molecule has 7 nitrogen and oxygen atoms in total. The van der Waals surface area contributed by atoms with E-state index in [1.165, 1.54) is 31.4 Å². The van der Waals surface area contributed by atoms with Gasteiger partial charge in [0.25, 0.3) is 0 Å². The van der Waals surface area contributed by atoms with Gasteiger partial charge in [-0.05, 0) is 17.7 Å². The second-order valence-corrected chi connectivity index (χ2v) is 6.07. The molecule has 1 aromatic rings. The Hall–Kier alpha value is -2.80. The molecule has 1 aromatic carbocycles. The number of hydrogen-bond acceptors (Lipinski definition) is 7. The van der Waals surface area contributed by atoms with E-state index in [1.54, 1.807) is 0 Å². The predicted molar refractivity (Wildman–Crippen MR) is 88.5 cm³/mol. The molecule has 0 bridgehead atoms. The standard InChI is InChI=1S/C18H16F6O7/c1-3-8-28-14(25)12(29-9-10-4-6-11(27-2)7-5-10)13-15(26)31-16(30-13,17(19,20)21)18(22,23)24/h3-7,12-13H,1,8-9H2,2H3/t12-,13-/m1/s1. The van der Waals surface area contributed by atoms with Gasteiger partial charge in [-0.25, -0.2) is 9.59 Å². The van der Waals surface area contributed by atoms with Crippen LogP contribution in [0.5, 0.6) is 5.75 Å². The van der Waals surface area contributed by atoms with Crippen molar-refractivity contribution in [1.82, 2.24) is 0 Å². The summed E-state index contributed by atoms with van der Waals surface area (Å²) < 4.78 is 101. The Morgan fingerprint density at radius 1 is 1.19 bits per heavy atom. The van der Waals surface area contributed by atoms with Crippen molar-refractivity contribution < 1.29 is 59.6 Å². The molecule has 0 N–H and O–H groups in total. The second-order valence-electron chi connectivity index (χ2n) is 6.07. The van der Waals surface area contributed by atoms with E-state index < -0.39 is 55.5 Å². The number of carbonyl (C=O) groups excluding carboxylic acids is 2. The molecule has 2 rings (SSSR count). The van der Waals surface area contributed by atoms with Crippen LogP contribution < -0.4 is 4.74 Å². The summed E-state index contributed by atoms with van der Waals surface area (Å²) in [4.78, 5) is 24.1. The van der Waals surface area contributed by atoms with Gasteiger partial charge in [-0.1, -0.05) is 24.8 Å². The number of carbonyl (C=O) groups is 2. The summed E-state index contributed by atoms with van der Waals surface area (Å²) in [6, 6.07) is 5.88. The third-order valence-electron chi connectivity index (χ3n) is 3.96. The molecular weight excluding hydrogens is 442 g/mol. The van der Waals surface area contributed by atoms with Crippen molar-refractivity contribution in [3.05, 3.63) is 42.5 Å². The third-order valence-corrected chi connectivity index (χ3v) is 3.96. The molecule has 0 saturated carbocycles. The molecule has 1 fully saturated rings. The number of ether oxygens (including phenoxy) is 5. The lowest BCUT2D eigenvalue weighted by Gasteiger charge is -2.30. The highest BCUT2D eigenvalue weighted by Gasteiger charge is 2.81. The molecule has 0 amide bonds. The Morgan fingerprint density at radius 2 is 1.77 bits per heavy atom. The summed E-state index contributed by atoms with van der Waals surface area (Å²) >= 11 is 0. The fourth-order valence-corrected chi connectivity index (χ4v) is 2.46. The van der Waals surface area contributed by atoms with E-state index in [-0.39, 0.29) is 0 Å². The average molecular weight is 458 g/mol. The van der Waals surface area contributed by atoms with Crippen molar-refractivity contribution >= 4 is 11.9 Å². The van der Waals surface area contributed by atoms with Gasteiger partial charge in [-0.3, -0.25) is 0 Å². The van der Waals surface area contributed by atoms with Crippen molar-refractivity contribution in [2.75, 3.05) is 13.7 Å². The minimum Gasteiger partial charge on any atom is -0.497 e. The molecule has 0 unspecified atom stereocenters. The lowest BCUT2D eigenvalue weighted by molar-refractivity contribution is -0.440. The predicted octanol–water partition coefficient (Wildman–Crippen LogP) is 3.07. The van der Waals surface area contributed by atoms with Crippen molar-refractivity contribution in [3.8, 4) is 5.75 Å². The highest BCUT2D eigenvalue weighted by Crippen LogP contribution is 2.51. The summed E-state index contributed by atoms with van der Waals surface area (Å²) in [6.45, 7) is 2.31. The van der Waals surface area contributed by atoms with Gasteiger partial charge in [0.05, 0.1) is 13.7 Å². The van der Waals surface area contributed by atoms with Crippen molar-refractivity contribution in [1.29, 1.82) is 0 Å². The maximum atomic E-state index is 13.1. The minimum absolute atomic E-state index is 0.353. The molecule has 1 aliphatic heterocycles. The molecule has 2 atom stereocenters. The number of methoxy groups -OCH3 is 1. The van der Waals surface area contributed by atoms with Crippen LogP contribution >= 0.6 is 0 Å². The first-order valence-corrected chi connectivity index (χ1v) is 8.42. The van der Waals surface area contributed by atoms with Gasteiger partial charge in [-0.2, -0.15) is 26.3 Å². The average Bonchev–Trinajstić information content (AvgIpc) is 3.05. The SMILES string of the molecule is C=CCOC(=O)[C@H](OCc1ccc(OC)cc1)[C@H]1OC(C(F)(F)F)(C(F)(F)F)OC1=O. The van der Waals surface area contributed by atoms with E-state index in [0.29, 0.717) is 11.3 Å².